The van der Waals surface area contributed by atoms with Gasteiger partial charge >= 0.3 is 12.1 Å². The largest absolute Gasteiger partial charge is 0.481 e. The number of amides is 2. The number of hydrogen-bond donors (Lipinski definition) is 3. The van der Waals surface area contributed by atoms with Crippen LogP contribution in [-0.2, 0) is 14.3 Å². The number of aliphatic carboxylic acids is 1. The van der Waals surface area contributed by atoms with Crippen molar-refractivity contribution in [2.75, 3.05) is 13.2 Å². The summed E-state index contributed by atoms with van der Waals surface area (Å²) in [6, 6.07) is 15.2. The predicted molar refractivity (Wildman–Crippen MR) is 129 cm³/mol. The van der Waals surface area contributed by atoms with E-state index in [0.29, 0.717) is 13.0 Å². The van der Waals surface area contributed by atoms with E-state index in [2.05, 4.69) is 28.7 Å². The maximum absolute atomic E-state index is 12.5. The molecule has 0 aliphatic heterocycles. The van der Waals surface area contributed by atoms with Gasteiger partial charge in [-0.25, -0.2) is 4.79 Å². The second-order valence-corrected chi connectivity index (χ2v) is 8.28. The number of carbonyl (C=O) groups is 3. The standard InChI is InChI=1S/C27H30N2O5/c1-2-11-24(26(32)28-17-10-4-3-5-16-25(30)31)29-27(33)34-18-23-21-14-8-6-12-19(21)20-13-7-9-15-22(20)23/h1,6-9,12-15,23-24H,3-5,10-11,16-18H2,(H,28,32)(H,29,33)(H,30,31). The Morgan fingerprint density at radius 1 is 0.971 bits per heavy atom. The van der Waals surface area contributed by atoms with Crippen molar-refractivity contribution in [3.63, 3.8) is 0 Å². The second-order valence-electron chi connectivity index (χ2n) is 8.28. The van der Waals surface area contributed by atoms with E-state index in [1.54, 1.807) is 0 Å². The molecule has 1 aliphatic rings. The van der Waals surface area contributed by atoms with Crippen molar-refractivity contribution in [1.29, 1.82) is 0 Å². The van der Waals surface area contributed by atoms with E-state index >= 15 is 0 Å². The van der Waals surface area contributed by atoms with Crippen molar-refractivity contribution in [3.8, 4) is 23.5 Å². The van der Waals surface area contributed by atoms with Crippen LogP contribution in [0.4, 0.5) is 4.79 Å². The monoisotopic (exact) mass is 462 g/mol. The van der Waals surface area contributed by atoms with Crippen LogP contribution in [0.5, 0.6) is 0 Å². The van der Waals surface area contributed by atoms with Gasteiger partial charge < -0.3 is 20.5 Å². The van der Waals surface area contributed by atoms with Crippen molar-refractivity contribution >= 4 is 18.0 Å². The molecule has 1 atom stereocenters. The Kier molecular flexibility index (Phi) is 9.10. The second kappa shape index (κ2) is 12.4. The van der Waals surface area contributed by atoms with Crippen LogP contribution in [0.1, 0.15) is 55.6 Å². The molecule has 0 saturated heterocycles. The average molecular weight is 463 g/mol. The van der Waals surface area contributed by atoms with Crippen molar-refractivity contribution in [1.82, 2.24) is 10.6 Å². The molecule has 2 aromatic carbocycles. The van der Waals surface area contributed by atoms with Crippen molar-refractivity contribution in [3.05, 3.63) is 59.7 Å². The maximum atomic E-state index is 12.5. The van der Waals surface area contributed by atoms with Crippen LogP contribution in [0.3, 0.4) is 0 Å². The highest BCUT2D eigenvalue weighted by Gasteiger charge is 2.29. The Morgan fingerprint density at radius 2 is 1.59 bits per heavy atom. The summed E-state index contributed by atoms with van der Waals surface area (Å²) in [5, 5.41) is 14.0. The van der Waals surface area contributed by atoms with Crippen LogP contribution < -0.4 is 10.6 Å². The lowest BCUT2D eigenvalue weighted by molar-refractivity contribution is -0.137. The SMILES string of the molecule is C#CCC(NC(=O)OCC1c2ccccc2-c2ccccc21)C(=O)NCCCCCCC(=O)O. The molecule has 0 bridgehead atoms. The molecule has 7 nitrogen and oxygen atoms in total. The van der Waals surface area contributed by atoms with Crippen LogP contribution >= 0.6 is 0 Å². The van der Waals surface area contributed by atoms with Crippen LogP contribution in [0.25, 0.3) is 11.1 Å². The predicted octanol–water partition coefficient (Wildman–Crippen LogP) is 4.07. The van der Waals surface area contributed by atoms with Crippen LogP contribution in [-0.4, -0.2) is 42.3 Å². The summed E-state index contributed by atoms with van der Waals surface area (Å²) in [4.78, 5) is 35.5. The fourth-order valence-corrected chi connectivity index (χ4v) is 4.20. The minimum atomic E-state index is -0.882. The molecule has 0 aromatic heterocycles. The number of alkyl carbamates (subject to hydrolysis) is 1. The van der Waals surface area contributed by atoms with Gasteiger partial charge in [-0.1, -0.05) is 61.4 Å². The van der Waals surface area contributed by atoms with Crippen LogP contribution in [0, 0.1) is 12.3 Å². The molecule has 178 valence electrons. The first-order chi connectivity index (χ1) is 16.5. The minimum Gasteiger partial charge on any atom is -0.481 e. The Bertz CT molecular complexity index is 1010. The molecule has 0 radical (unpaired) electrons. The summed E-state index contributed by atoms with van der Waals surface area (Å²) >= 11 is 0. The number of carboxylic acid groups (broad SMARTS) is 1. The van der Waals surface area contributed by atoms with E-state index in [4.69, 9.17) is 16.3 Å². The van der Waals surface area contributed by atoms with E-state index < -0.39 is 18.1 Å². The van der Waals surface area contributed by atoms with Gasteiger partial charge in [-0.05, 0) is 35.1 Å². The molecule has 0 saturated carbocycles. The van der Waals surface area contributed by atoms with Gasteiger partial charge in [-0.15, -0.1) is 12.3 Å². The van der Waals surface area contributed by atoms with Crippen molar-refractivity contribution in [2.24, 2.45) is 0 Å². The Hall–Kier alpha value is -3.79. The Balaban J connectivity index is 1.47. The van der Waals surface area contributed by atoms with E-state index in [0.717, 1.165) is 41.5 Å². The molecular formula is C27H30N2O5. The molecule has 1 unspecified atom stereocenters. The van der Waals surface area contributed by atoms with E-state index in [1.165, 1.54) is 0 Å². The lowest BCUT2D eigenvalue weighted by atomic mass is 9.98. The number of carboxylic acids is 1. The first kappa shape index (κ1) is 24.8. The van der Waals surface area contributed by atoms with Crippen LogP contribution in [0.2, 0.25) is 0 Å². The number of hydrogen-bond acceptors (Lipinski definition) is 4. The average Bonchev–Trinajstić information content (AvgIpc) is 3.15. The number of unbranched alkanes of at least 4 members (excludes halogenated alkanes) is 3. The fraction of sp³-hybridized carbons (Fsp3) is 0.370. The van der Waals surface area contributed by atoms with E-state index in [-0.39, 0.29) is 31.3 Å². The lowest BCUT2D eigenvalue weighted by Gasteiger charge is -2.18. The summed E-state index contributed by atoms with van der Waals surface area (Å²) in [6.07, 6.45) is 7.84. The number of carbonyl (C=O) groups excluding carboxylic acids is 2. The zero-order valence-electron chi connectivity index (χ0n) is 19.1. The minimum absolute atomic E-state index is 0.0502. The molecule has 1 aliphatic carbocycles. The molecule has 2 amide bonds. The summed E-state index contributed by atoms with van der Waals surface area (Å²) < 4.78 is 5.51. The summed E-state index contributed by atoms with van der Waals surface area (Å²) in [5.41, 5.74) is 4.50. The lowest BCUT2D eigenvalue weighted by Crippen LogP contribution is -2.47. The number of rotatable bonds is 12. The normalized spacial score (nSPS) is 12.7. The van der Waals surface area contributed by atoms with Gasteiger partial charge in [-0.3, -0.25) is 9.59 Å². The molecule has 0 heterocycles. The zero-order chi connectivity index (χ0) is 24.3. The molecule has 3 rings (SSSR count). The van der Waals surface area contributed by atoms with E-state index in [9.17, 15) is 14.4 Å². The third-order valence-electron chi connectivity index (χ3n) is 5.89. The topological polar surface area (TPSA) is 105 Å². The third-order valence-corrected chi connectivity index (χ3v) is 5.89. The Morgan fingerprint density at radius 3 is 2.21 bits per heavy atom. The van der Waals surface area contributed by atoms with Crippen molar-refractivity contribution in [2.45, 2.75) is 50.5 Å². The highest BCUT2D eigenvalue weighted by Crippen LogP contribution is 2.44. The van der Waals surface area contributed by atoms with Gasteiger partial charge in [0.05, 0.1) is 0 Å². The molecule has 3 N–H and O–H groups in total. The third kappa shape index (κ3) is 6.61. The number of ether oxygens (including phenoxy) is 1. The quantitative estimate of drug-likeness (QED) is 0.326. The van der Waals surface area contributed by atoms with Gasteiger partial charge in [0, 0.05) is 25.3 Å². The van der Waals surface area contributed by atoms with Gasteiger partial charge in [0.25, 0.3) is 0 Å². The molecule has 2 aromatic rings. The summed E-state index contributed by atoms with van der Waals surface area (Å²) in [6.45, 7) is 0.583. The highest BCUT2D eigenvalue weighted by molar-refractivity contribution is 5.86. The number of benzene rings is 2. The maximum Gasteiger partial charge on any atom is 0.407 e. The highest BCUT2D eigenvalue weighted by atomic mass is 16.5. The van der Waals surface area contributed by atoms with E-state index in [1.807, 2.05) is 36.4 Å². The fourth-order valence-electron chi connectivity index (χ4n) is 4.20. The number of nitrogens with one attached hydrogen (secondary N) is 2. The van der Waals surface area contributed by atoms with Gasteiger partial charge in [0.2, 0.25) is 5.91 Å². The van der Waals surface area contributed by atoms with Gasteiger partial charge in [0.1, 0.15) is 12.6 Å². The molecule has 7 heteroatoms. The first-order valence-electron chi connectivity index (χ1n) is 11.6. The summed E-state index contributed by atoms with van der Waals surface area (Å²) in [7, 11) is 0. The Labute approximate surface area is 199 Å². The molecule has 34 heavy (non-hydrogen) atoms. The summed E-state index contributed by atoms with van der Waals surface area (Å²) in [5.74, 6) is 1.18. The molecule has 0 fully saturated rings. The number of terminal acetylenes is 1. The number of fused-ring (bicyclic) bond motifs is 3. The van der Waals surface area contributed by atoms with Crippen molar-refractivity contribution < 1.29 is 24.2 Å². The van der Waals surface area contributed by atoms with Gasteiger partial charge in [0.15, 0.2) is 0 Å². The first-order valence-corrected chi connectivity index (χ1v) is 11.6. The molecule has 0 spiro atoms. The smallest absolute Gasteiger partial charge is 0.407 e. The van der Waals surface area contributed by atoms with Gasteiger partial charge in [-0.2, -0.15) is 0 Å². The molecular weight excluding hydrogens is 432 g/mol. The van der Waals surface area contributed by atoms with Crippen LogP contribution in [0.15, 0.2) is 48.5 Å². The zero-order valence-corrected chi connectivity index (χ0v) is 19.1.